The summed E-state index contributed by atoms with van der Waals surface area (Å²) in [7, 11) is 0. The molecule has 4 aliphatic rings. The molecule has 4 aliphatic heterocycles. The van der Waals surface area contributed by atoms with Gasteiger partial charge in [0, 0.05) is 95.4 Å². The Morgan fingerprint density at radius 3 is 0.955 bits per heavy atom. The Labute approximate surface area is 772 Å². The Morgan fingerprint density at radius 1 is 0.328 bits per heavy atom. The molecule has 54 heteroatoms. The standard InChI is InChI=1S/C80H134N38O16/c1-41-71(132)116-35-11-23-55(116)69(130)112-50(21-9-33-102-79(93)94)63(124)111-51(26-27-58(81)119)66(127)108-49(20-8-32-101-78(91)92)65(126)114-54(39-59(82)120)68(129)110-48(19-7-31-100-77(89)90)64(125)113-52(22-10-34-103-80(95)96)72(133)118-37-13-25-57(118)73(134)117-36-12-24-56(117)70(131)115-53(38-42-40-104-44-15-3-2-14-43(42)44)67(128)109-47(18-6-30-99-76(87)88)62(123)107-46(17-5-29-98-75(85)86)61(122)106-45(60(121)105-41)16-4-28-97-74(83)84/h2-3,14-15,40-41,45-57,104H,4-13,16-39H2,1H3,(H2,81,119)(H2,82,120)(H,105,121)(H,106,122)(H,107,123)(H,108,127)(H,109,128)(H,110,129)(H,111,124)(H,112,130)(H,113,125)(H,114,126)(H,115,131)(H4,83,84,97)(H4,85,86,98)(H4,87,88,99)(H4,89,90,100)(H4,91,92,101)(H4,93,94,102)(H4,95,96,103)/t41-,45-,46-,47-,48-,49-,50+,51-,52-,53-,54-,55-,56+,57-/m0/s1. The predicted octanol–water partition coefficient (Wildman–Crippen LogP) is -11.0. The van der Waals surface area contributed by atoms with Crippen LogP contribution in [0.25, 0.3) is 10.9 Å². The van der Waals surface area contributed by atoms with Gasteiger partial charge >= 0.3 is 0 Å². The number of primary amides is 2. The Morgan fingerprint density at radius 2 is 0.604 bits per heavy atom. The van der Waals surface area contributed by atoms with Gasteiger partial charge in [-0.05, 0) is 153 Å². The number of guanidine groups is 7. The fourth-order valence-electron chi connectivity index (χ4n) is 15.9. The highest BCUT2D eigenvalue weighted by atomic mass is 16.2. The van der Waals surface area contributed by atoms with Gasteiger partial charge in [-0.2, -0.15) is 0 Å². The van der Waals surface area contributed by atoms with Crippen LogP contribution in [0.5, 0.6) is 0 Å². The molecular weight excluding hydrogens is 1750 g/mol. The van der Waals surface area contributed by atoms with Crippen molar-refractivity contribution in [2.45, 2.75) is 246 Å². The van der Waals surface area contributed by atoms with Crippen LogP contribution >= 0.6 is 0 Å². The quantitative estimate of drug-likeness (QED) is 0.0173. The molecule has 0 radical (unpaired) electrons. The number of para-hydroxylation sites is 1. The molecule has 6 rings (SSSR count). The van der Waals surface area contributed by atoms with E-state index in [-0.39, 0.29) is 200 Å². The average molecular weight is 1880 g/mol. The fraction of sp³-hybridized carbons (Fsp3) is 0.613. The minimum Gasteiger partial charge on any atom is -0.370 e. The molecule has 16 amide bonds. The molecule has 4 saturated heterocycles. The molecule has 5 heterocycles. The summed E-state index contributed by atoms with van der Waals surface area (Å²) in [5, 5.41) is 102. The number of nitrogens with one attached hydrogen (secondary N) is 26. The van der Waals surface area contributed by atoms with Crippen LogP contribution in [0.15, 0.2) is 30.5 Å². The van der Waals surface area contributed by atoms with Gasteiger partial charge in [-0.15, -0.1) is 0 Å². The van der Waals surface area contributed by atoms with Crippen molar-refractivity contribution in [1.29, 1.82) is 37.9 Å². The summed E-state index contributed by atoms with van der Waals surface area (Å²) in [5.41, 5.74) is 51.7. The Kier molecular flexibility index (Phi) is 44.1. The third-order valence-corrected chi connectivity index (χ3v) is 22.6. The molecule has 740 valence electrons. The van der Waals surface area contributed by atoms with E-state index in [9.17, 15) is 43.2 Å². The summed E-state index contributed by atoms with van der Waals surface area (Å²) in [6, 6.07) is -15.1. The molecule has 4 fully saturated rings. The second-order valence-corrected chi connectivity index (χ2v) is 33.0. The van der Waals surface area contributed by atoms with E-state index in [0.29, 0.717) is 16.5 Å². The second kappa shape index (κ2) is 54.7. The van der Waals surface area contributed by atoms with Gasteiger partial charge in [-0.25, -0.2) is 0 Å². The van der Waals surface area contributed by atoms with E-state index < -0.39 is 240 Å². The van der Waals surface area contributed by atoms with Crippen molar-refractivity contribution in [2.24, 2.45) is 51.6 Å². The van der Waals surface area contributed by atoms with E-state index in [1.54, 1.807) is 30.5 Å². The number of benzene rings is 1. The van der Waals surface area contributed by atoms with Gasteiger partial charge in [0.15, 0.2) is 41.7 Å². The van der Waals surface area contributed by atoms with Crippen molar-refractivity contribution in [2.75, 3.05) is 65.4 Å². The number of aromatic nitrogens is 1. The normalized spacial score (nSPS) is 23.9. The Hall–Kier alpha value is -14.8. The highest BCUT2D eigenvalue weighted by molar-refractivity contribution is 6.02. The molecule has 14 atom stereocenters. The topological polar surface area (TPSA) is 916 Å². The highest BCUT2D eigenvalue weighted by Gasteiger charge is 2.46. The van der Waals surface area contributed by atoms with Crippen LogP contribution in [0.2, 0.25) is 0 Å². The van der Waals surface area contributed by atoms with Crippen molar-refractivity contribution in [3.8, 4) is 0 Å². The number of aromatic amines is 1. The number of fused-ring (bicyclic) bond motifs is 4. The monoisotopic (exact) mass is 1880 g/mol. The molecule has 1 aromatic heterocycles. The Balaban J connectivity index is 1.50. The van der Waals surface area contributed by atoms with Crippen molar-refractivity contribution < 1.29 is 76.7 Å². The van der Waals surface area contributed by atoms with Gasteiger partial charge < -0.3 is 167 Å². The summed E-state index contributed by atoms with van der Waals surface area (Å²) in [6.45, 7) is 0.737. The average Bonchev–Trinajstić information content (AvgIpc) is 1.64. The van der Waals surface area contributed by atoms with Gasteiger partial charge in [0.2, 0.25) is 94.5 Å². The van der Waals surface area contributed by atoms with E-state index in [0.717, 1.165) is 4.90 Å². The van der Waals surface area contributed by atoms with Crippen LogP contribution in [0.1, 0.15) is 160 Å². The van der Waals surface area contributed by atoms with Crippen LogP contribution in [-0.4, -0.2) is 306 Å². The zero-order chi connectivity index (χ0) is 98.8. The zero-order valence-electron chi connectivity index (χ0n) is 75.1. The lowest BCUT2D eigenvalue weighted by atomic mass is 10.0. The molecule has 0 spiro atoms. The largest absolute Gasteiger partial charge is 0.370 e. The summed E-state index contributed by atoms with van der Waals surface area (Å²) < 4.78 is 0. The highest BCUT2D eigenvalue weighted by Crippen LogP contribution is 2.28. The summed E-state index contributed by atoms with van der Waals surface area (Å²) in [4.78, 5) is 243. The molecule has 0 aliphatic carbocycles. The predicted molar refractivity (Wildman–Crippen MR) is 489 cm³/mol. The molecule has 0 saturated carbocycles. The van der Waals surface area contributed by atoms with E-state index in [1.165, 1.54) is 16.7 Å². The number of amides is 16. The lowest BCUT2D eigenvalue weighted by molar-refractivity contribution is -0.148. The molecule has 134 heavy (non-hydrogen) atoms. The van der Waals surface area contributed by atoms with Crippen LogP contribution in [0, 0.1) is 37.9 Å². The number of nitrogens with two attached hydrogens (primary N) is 9. The van der Waals surface area contributed by atoms with E-state index in [2.05, 4.69) is 101 Å². The van der Waals surface area contributed by atoms with Crippen LogP contribution < -0.4 is 147 Å². The molecule has 1 aromatic carbocycles. The van der Waals surface area contributed by atoms with Gasteiger partial charge in [0.1, 0.15) is 84.6 Å². The van der Waals surface area contributed by atoms with Crippen molar-refractivity contribution in [3.63, 3.8) is 0 Å². The first-order valence-electron chi connectivity index (χ1n) is 44.5. The fourth-order valence-corrected chi connectivity index (χ4v) is 15.9. The van der Waals surface area contributed by atoms with Gasteiger partial charge in [-0.3, -0.25) is 115 Å². The van der Waals surface area contributed by atoms with E-state index in [1.807, 2.05) is 0 Å². The second-order valence-electron chi connectivity index (χ2n) is 33.0. The van der Waals surface area contributed by atoms with Gasteiger partial charge in [0.05, 0.1) is 6.42 Å². The van der Waals surface area contributed by atoms with Crippen LogP contribution in [0.3, 0.4) is 0 Å². The molecule has 0 bridgehead atoms. The first-order chi connectivity index (χ1) is 63.6. The summed E-state index contributed by atoms with van der Waals surface area (Å²) >= 11 is 0. The van der Waals surface area contributed by atoms with E-state index >= 15 is 33.6 Å². The van der Waals surface area contributed by atoms with Crippen molar-refractivity contribution >= 4 is 147 Å². The lowest BCUT2D eigenvalue weighted by Crippen LogP contribution is -2.61. The maximum atomic E-state index is 15.4. The van der Waals surface area contributed by atoms with Gasteiger partial charge in [0.25, 0.3) is 0 Å². The molecule has 54 nitrogen and oxygen atoms in total. The van der Waals surface area contributed by atoms with E-state index in [4.69, 9.17) is 89.5 Å². The number of rotatable bonds is 35. The first kappa shape index (κ1) is 108. The minimum absolute atomic E-state index is 0.0130. The summed E-state index contributed by atoms with van der Waals surface area (Å²) in [5.74, 6) is -19.1. The number of hydrogen-bond donors (Lipinski definition) is 35. The number of carbonyl (C=O) groups excluding carboxylic acids is 16. The molecular formula is C80H134N38O16. The third kappa shape index (κ3) is 36.1. The molecule has 0 unspecified atom stereocenters. The summed E-state index contributed by atoms with van der Waals surface area (Å²) in [6.07, 6.45) is -2.01. The number of nitrogens with zero attached hydrogens (tertiary/aromatic N) is 3. The van der Waals surface area contributed by atoms with Crippen molar-refractivity contribution in [1.82, 2.24) is 115 Å². The lowest BCUT2D eigenvalue weighted by Gasteiger charge is -2.34. The van der Waals surface area contributed by atoms with Crippen LogP contribution in [0.4, 0.5) is 0 Å². The SMILES string of the molecule is C[C@@H]1NC(=O)[C@H](CCCNC(=N)N)NC(=O)[C@H](CCCNC(=N)N)NC(=O)[C@H](CCCNC(=N)N)NC(=O)[C@H](Cc2c[nH]c3ccccc23)NC(=O)[C@H]2CCCN2C(=O)[C@@H]2CCCN2C(=O)[C@H](CCCNC(=N)N)NC(=O)[C@H](CCCNC(=N)N)NC(=O)[C@H](CC(N)=O)NC(=O)[C@H](CCCNC(=N)N)NC(=O)[C@H](CCC(N)=O)NC(=O)[C@@H](CCCNC(=N)N)NC(=O)[C@@H]2CCCN2C1=O. The molecule has 2 aromatic rings. The molecule has 44 N–H and O–H groups in total. The Bertz CT molecular complexity index is 4550. The number of H-pyrrole nitrogens is 1. The van der Waals surface area contributed by atoms with Crippen LogP contribution in [-0.2, 0) is 83.1 Å². The first-order valence-corrected chi connectivity index (χ1v) is 44.5. The van der Waals surface area contributed by atoms with Crippen molar-refractivity contribution in [3.05, 3.63) is 36.0 Å². The zero-order valence-corrected chi connectivity index (χ0v) is 75.1. The number of carbonyl (C=O) groups is 16. The maximum absolute atomic E-state index is 15.4. The van der Waals surface area contributed by atoms with Gasteiger partial charge in [-0.1, -0.05) is 18.2 Å². The maximum Gasteiger partial charge on any atom is 0.246 e. The minimum atomic E-state index is -1.99. The number of hydrogen-bond acceptors (Lipinski definition) is 23. The smallest absolute Gasteiger partial charge is 0.246 e. The third-order valence-electron chi connectivity index (χ3n) is 22.6.